The van der Waals surface area contributed by atoms with Gasteiger partial charge in [0, 0.05) is 26.4 Å². The zero-order valence-corrected chi connectivity index (χ0v) is 22.7. The van der Waals surface area contributed by atoms with Crippen molar-refractivity contribution in [3.63, 3.8) is 0 Å². The van der Waals surface area contributed by atoms with Crippen LogP contribution in [0, 0.1) is 13.8 Å². The van der Waals surface area contributed by atoms with Crippen LogP contribution in [0.5, 0.6) is 17.2 Å². The molecule has 1 saturated heterocycles. The number of hydrogen-bond donors (Lipinski definition) is 2. The molecule has 2 N–H and O–H groups in total. The fraction of sp³-hybridized carbons (Fsp3) is 0.379. The Morgan fingerprint density at radius 3 is 2.52 bits per heavy atom. The summed E-state index contributed by atoms with van der Waals surface area (Å²) in [5, 5.41) is 5.91. The number of aromatic nitrogens is 1. The van der Waals surface area contributed by atoms with Crippen LogP contribution in [0.4, 0.5) is 0 Å². The maximum absolute atomic E-state index is 13.2. The van der Waals surface area contributed by atoms with Gasteiger partial charge in [0.2, 0.25) is 11.7 Å². The Kier molecular flexibility index (Phi) is 7.90. The third-order valence-corrected chi connectivity index (χ3v) is 6.93. The minimum absolute atomic E-state index is 0.173. The van der Waals surface area contributed by atoms with Gasteiger partial charge in [0.1, 0.15) is 11.9 Å². The smallest absolute Gasteiger partial charge is 0.291 e. The van der Waals surface area contributed by atoms with Crippen molar-refractivity contribution in [2.24, 2.45) is 0 Å². The van der Waals surface area contributed by atoms with Crippen molar-refractivity contribution >= 4 is 17.7 Å². The van der Waals surface area contributed by atoms with Crippen molar-refractivity contribution < 1.29 is 33.0 Å². The number of benzene rings is 2. The predicted octanol–water partition coefficient (Wildman–Crippen LogP) is 2.33. The second-order valence-corrected chi connectivity index (χ2v) is 9.88. The van der Waals surface area contributed by atoms with Gasteiger partial charge in [0.25, 0.3) is 11.8 Å². The van der Waals surface area contributed by atoms with Gasteiger partial charge < -0.3 is 34.2 Å². The van der Waals surface area contributed by atoms with Gasteiger partial charge in [-0.3, -0.25) is 14.4 Å². The molecule has 0 radical (unpaired) electrons. The number of likely N-dealkylation sites (tertiary alicyclic amines) is 1. The van der Waals surface area contributed by atoms with Crippen molar-refractivity contribution in [1.29, 1.82) is 0 Å². The molecule has 4 bridgehead atoms. The lowest BCUT2D eigenvalue weighted by Crippen LogP contribution is -2.45. The zero-order chi connectivity index (χ0) is 28.2. The van der Waals surface area contributed by atoms with E-state index >= 15 is 0 Å². The highest BCUT2D eigenvalue weighted by Gasteiger charge is 2.39. The molecule has 2 atom stereocenters. The van der Waals surface area contributed by atoms with Crippen molar-refractivity contribution in [2.75, 3.05) is 26.8 Å². The minimum atomic E-state index is -0.481. The van der Waals surface area contributed by atoms with Crippen LogP contribution in [0.3, 0.4) is 0 Å². The van der Waals surface area contributed by atoms with E-state index in [1.807, 2.05) is 18.2 Å². The first-order valence-electron chi connectivity index (χ1n) is 13.1. The van der Waals surface area contributed by atoms with E-state index in [0.717, 1.165) is 11.1 Å². The Bertz CT molecular complexity index is 1400. The molecule has 3 amide bonds. The number of carbonyl (C=O) groups is 3. The molecule has 0 unspecified atom stereocenters. The quantitative estimate of drug-likeness (QED) is 0.499. The molecule has 2 aromatic carbocycles. The van der Waals surface area contributed by atoms with E-state index in [-0.39, 0.29) is 49.6 Å². The summed E-state index contributed by atoms with van der Waals surface area (Å²) in [7, 11) is 1.53. The molecular weight excluding hydrogens is 516 g/mol. The zero-order valence-electron chi connectivity index (χ0n) is 22.7. The third-order valence-electron chi connectivity index (χ3n) is 6.93. The summed E-state index contributed by atoms with van der Waals surface area (Å²) >= 11 is 0. The number of aryl methyl sites for hydroxylation is 3. The lowest BCUT2D eigenvalue weighted by Gasteiger charge is -2.21. The average Bonchev–Trinajstić information content (AvgIpc) is 3.50. The van der Waals surface area contributed by atoms with E-state index in [1.165, 1.54) is 7.11 Å². The van der Waals surface area contributed by atoms with E-state index in [2.05, 4.69) is 15.6 Å². The van der Waals surface area contributed by atoms with Crippen LogP contribution in [-0.4, -0.2) is 66.6 Å². The van der Waals surface area contributed by atoms with Crippen molar-refractivity contribution in [1.82, 2.24) is 20.5 Å². The second kappa shape index (κ2) is 11.7. The van der Waals surface area contributed by atoms with Gasteiger partial charge in [0.05, 0.1) is 25.4 Å². The van der Waals surface area contributed by atoms with Gasteiger partial charge in [-0.1, -0.05) is 18.2 Å². The fourth-order valence-corrected chi connectivity index (χ4v) is 4.85. The number of methoxy groups -OCH3 is 1. The van der Waals surface area contributed by atoms with E-state index in [1.54, 1.807) is 43.0 Å². The summed E-state index contributed by atoms with van der Waals surface area (Å²) in [4.78, 5) is 44.5. The Labute approximate surface area is 231 Å². The average molecular weight is 549 g/mol. The van der Waals surface area contributed by atoms with Gasteiger partial charge in [-0.2, -0.15) is 0 Å². The Hall–Kier alpha value is -4.54. The van der Waals surface area contributed by atoms with Gasteiger partial charge >= 0.3 is 0 Å². The summed E-state index contributed by atoms with van der Waals surface area (Å²) in [5.74, 6) is 1.37. The van der Waals surface area contributed by atoms with Crippen molar-refractivity contribution in [2.45, 2.75) is 45.4 Å². The summed E-state index contributed by atoms with van der Waals surface area (Å²) in [6, 6.07) is 12.2. The number of fused-ring (bicyclic) bond motifs is 9. The molecule has 11 heteroatoms. The molecule has 210 valence electrons. The van der Waals surface area contributed by atoms with Crippen LogP contribution in [0.2, 0.25) is 0 Å². The summed E-state index contributed by atoms with van der Waals surface area (Å²) in [5.41, 5.74) is 2.25. The van der Waals surface area contributed by atoms with Crippen LogP contribution in [0.25, 0.3) is 0 Å². The Balaban J connectivity index is 1.38. The maximum atomic E-state index is 13.2. The predicted molar refractivity (Wildman–Crippen MR) is 143 cm³/mol. The van der Waals surface area contributed by atoms with E-state index in [0.29, 0.717) is 41.8 Å². The number of ether oxygens (including phenoxy) is 3. The summed E-state index contributed by atoms with van der Waals surface area (Å²) < 4.78 is 22.9. The van der Waals surface area contributed by atoms with Crippen LogP contribution < -0.4 is 24.8 Å². The van der Waals surface area contributed by atoms with E-state index in [4.69, 9.17) is 18.6 Å². The lowest BCUT2D eigenvalue weighted by molar-refractivity contribution is -0.123. The number of rotatable bonds is 2. The second-order valence-electron chi connectivity index (χ2n) is 9.88. The fourth-order valence-electron chi connectivity index (χ4n) is 4.85. The van der Waals surface area contributed by atoms with E-state index < -0.39 is 12.1 Å². The molecule has 1 aromatic heterocycles. The summed E-state index contributed by atoms with van der Waals surface area (Å²) in [6.07, 6.45) is 0.168. The molecule has 3 aromatic rings. The normalized spacial score (nSPS) is 19.7. The first-order valence-corrected chi connectivity index (χ1v) is 13.1. The number of hydrogen-bond acceptors (Lipinski definition) is 8. The minimum Gasteiger partial charge on any atom is -0.493 e. The van der Waals surface area contributed by atoms with Crippen LogP contribution >= 0.6 is 0 Å². The number of oxazole rings is 1. The molecule has 1 fully saturated rings. The lowest BCUT2D eigenvalue weighted by atomic mass is 10.1. The monoisotopic (exact) mass is 548 g/mol. The number of nitrogens with zero attached hydrogens (tertiary/aromatic N) is 2. The van der Waals surface area contributed by atoms with Crippen LogP contribution in [0.15, 0.2) is 46.9 Å². The van der Waals surface area contributed by atoms with Gasteiger partial charge in [-0.05, 0) is 48.7 Å². The van der Waals surface area contributed by atoms with Gasteiger partial charge in [0.15, 0.2) is 24.0 Å². The highest BCUT2D eigenvalue weighted by molar-refractivity contribution is 5.93. The number of amides is 3. The standard InChI is InChI=1S/C29H32N4O7/c1-17-28(39-18(2)31-17)29(36)33-14-22-25(15-33)40-21-8-4-20(5-9-21)13-30-27(35)16-38-24-12-19(6-10-23(24)37-3)7-11-26(34)32-22/h4-6,8-10,12,22,25H,7,11,13-16H2,1-3H3,(H,30,35)(H,32,34)/t22-,25-/m0/s1. The Morgan fingerprint density at radius 1 is 1.02 bits per heavy atom. The first kappa shape index (κ1) is 27.0. The van der Waals surface area contributed by atoms with Crippen LogP contribution in [0.1, 0.15) is 39.7 Å². The summed E-state index contributed by atoms with van der Waals surface area (Å²) in [6.45, 7) is 4.09. The van der Waals surface area contributed by atoms with Crippen molar-refractivity contribution in [3.8, 4) is 17.2 Å². The molecule has 11 nitrogen and oxygen atoms in total. The molecule has 0 saturated carbocycles. The first-order chi connectivity index (χ1) is 19.3. The van der Waals surface area contributed by atoms with Crippen LogP contribution in [-0.2, 0) is 22.6 Å². The largest absolute Gasteiger partial charge is 0.493 e. The molecule has 40 heavy (non-hydrogen) atoms. The van der Waals surface area contributed by atoms with Crippen molar-refractivity contribution in [3.05, 3.63) is 70.9 Å². The highest BCUT2D eigenvalue weighted by Crippen LogP contribution is 2.29. The molecule has 3 aliphatic rings. The van der Waals surface area contributed by atoms with E-state index in [9.17, 15) is 14.4 Å². The van der Waals surface area contributed by atoms with Gasteiger partial charge in [-0.25, -0.2) is 4.98 Å². The topological polar surface area (TPSA) is 132 Å². The molecule has 6 rings (SSSR count). The molecule has 3 aliphatic heterocycles. The third kappa shape index (κ3) is 6.19. The molecule has 4 heterocycles. The molecule has 0 aliphatic carbocycles. The number of nitrogens with one attached hydrogen (secondary N) is 2. The highest BCUT2D eigenvalue weighted by atomic mass is 16.5. The Morgan fingerprint density at radius 2 is 1.80 bits per heavy atom. The SMILES string of the molecule is COc1ccc2cc1OCC(=O)NCc1ccc(cc1)O[C@H]1CN(C(=O)c3oc(C)nc3C)C[C@@H]1NC(=O)CC2. The molecule has 0 spiro atoms. The van der Waals surface area contributed by atoms with Gasteiger partial charge in [-0.15, -0.1) is 0 Å². The number of carbonyl (C=O) groups excluding carboxylic acids is 3. The maximum Gasteiger partial charge on any atom is 0.291 e. The molecular formula is C29H32N4O7.